The second kappa shape index (κ2) is 11.3. The van der Waals surface area contributed by atoms with Crippen molar-refractivity contribution < 1.29 is 23.8 Å². The van der Waals surface area contributed by atoms with E-state index in [2.05, 4.69) is 10.6 Å². The third-order valence-electron chi connectivity index (χ3n) is 4.59. The van der Waals surface area contributed by atoms with Gasteiger partial charge in [0.05, 0.1) is 18.7 Å². The van der Waals surface area contributed by atoms with Crippen LogP contribution in [0.2, 0.25) is 5.02 Å². The molecule has 0 atom stereocenters. The van der Waals surface area contributed by atoms with Gasteiger partial charge in [-0.1, -0.05) is 11.6 Å². The number of hydrogen-bond acceptors (Lipinski definition) is 6. The Morgan fingerprint density at radius 2 is 1.96 bits per heavy atom. The first-order valence-electron chi connectivity index (χ1n) is 8.67. The van der Waals surface area contributed by atoms with Crippen LogP contribution in [-0.2, 0) is 9.53 Å². The standard InChI is InChI=1S/C18H26ClN3O5.ClH/c1-25-11-18(3-5-21-6-4-18)10-22-17(24)12-7-13(19)16(14(8-12)26-2)27-9-15(20)23;/h7-8,21H,3-6,9-11H2,1-2H3,(H2,20,23)(H,22,24);1H. The minimum Gasteiger partial charge on any atom is -0.493 e. The minimum atomic E-state index is -0.639. The molecule has 8 nitrogen and oxygen atoms in total. The molecule has 10 heteroatoms. The van der Waals surface area contributed by atoms with Gasteiger partial charge in [0.15, 0.2) is 18.1 Å². The van der Waals surface area contributed by atoms with Gasteiger partial charge in [0.1, 0.15) is 0 Å². The first kappa shape index (κ1) is 24.3. The number of halogens is 2. The first-order valence-corrected chi connectivity index (χ1v) is 9.05. The number of primary amides is 1. The molecule has 1 aliphatic heterocycles. The number of amides is 2. The maximum atomic E-state index is 12.6. The average Bonchev–Trinajstić information content (AvgIpc) is 2.65. The molecule has 1 heterocycles. The Bertz CT molecular complexity index is 676. The predicted octanol–water partition coefficient (Wildman–Crippen LogP) is 1.38. The van der Waals surface area contributed by atoms with E-state index in [9.17, 15) is 9.59 Å². The number of nitrogens with two attached hydrogens (primary N) is 1. The highest BCUT2D eigenvalue weighted by molar-refractivity contribution is 6.32. The van der Waals surface area contributed by atoms with Crippen LogP contribution in [0.25, 0.3) is 0 Å². The number of carbonyl (C=O) groups excluding carboxylic acids is 2. The number of rotatable bonds is 9. The molecule has 0 bridgehead atoms. The lowest BCUT2D eigenvalue weighted by Gasteiger charge is -2.37. The molecule has 0 saturated carbocycles. The van der Waals surface area contributed by atoms with Gasteiger partial charge >= 0.3 is 0 Å². The largest absolute Gasteiger partial charge is 0.493 e. The summed E-state index contributed by atoms with van der Waals surface area (Å²) < 4.78 is 15.9. The van der Waals surface area contributed by atoms with Crippen LogP contribution in [0.4, 0.5) is 0 Å². The van der Waals surface area contributed by atoms with Gasteiger partial charge in [0, 0.05) is 24.6 Å². The van der Waals surface area contributed by atoms with E-state index in [4.69, 9.17) is 31.5 Å². The van der Waals surface area contributed by atoms with Crippen LogP contribution in [-0.4, -0.2) is 58.9 Å². The molecule has 2 rings (SSSR count). The number of ether oxygens (including phenoxy) is 3. The van der Waals surface area contributed by atoms with Crippen molar-refractivity contribution in [3.8, 4) is 11.5 Å². The van der Waals surface area contributed by atoms with E-state index in [1.165, 1.54) is 19.2 Å². The fourth-order valence-electron chi connectivity index (χ4n) is 3.14. The number of methoxy groups -OCH3 is 2. The number of nitrogens with one attached hydrogen (secondary N) is 2. The van der Waals surface area contributed by atoms with E-state index in [0.29, 0.717) is 18.7 Å². The number of benzene rings is 1. The molecule has 1 fully saturated rings. The Hall–Kier alpha value is -1.74. The summed E-state index contributed by atoms with van der Waals surface area (Å²) in [5.74, 6) is -0.489. The molecule has 1 aliphatic rings. The Balaban J connectivity index is 0.00000392. The second-order valence-corrected chi connectivity index (χ2v) is 7.02. The number of piperidine rings is 1. The van der Waals surface area contributed by atoms with Gasteiger partial charge in [-0.05, 0) is 38.1 Å². The monoisotopic (exact) mass is 435 g/mol. The van der Waals surface area contributed by atoms with Crippen LogP contribution >= 0.6 is 24.0 Å². The van der Waals surface area contributed by atoms with Gasteiger partial charge in [-0.3, -0.25) is 9.59 Å². The summed E-state index contributed by atoms with van der Waals surface area (Å²) in [5, 5.41) is 6.44. The van der Waals surface area contributed by atoms with Crippen molar-refractivity contribution in [2.75, 3.05) is 47.1 Å². The zero-order valence-electron chi connectivity index (χ0n) is 16.0. The maximum absolute atomic E-state index is 12.6. The molecule has 0 radical (unpaired) electrons. The molecule has 28 heavy (non-hydrogen) atoms. The first-order chi connectivity index (χ1) is 12.9. The van der Waals surface area contributed by atoms with Crippen LogP contribution < -0.4 is 25.8 Å². The highest BCUT2D eigenvalue weighted by Gasteiger charge is 2.32. The van der Waals surface area contributed by atoms with Crippen molar-refractivity contribution in [2.24, 2.45) is 11.1 Å². The molecule has 0 unspecified atom stereocenters. The summed E-state index contributed by atoms with van der Waals surface area (Å²) >= 11 is 6.20. The van der Waals surface area contributed by atoms with E-state index in [1.54, 1.807) is 7.11 Å². The lowest BCUT2D eigenvalue weighted by atomic mass is 9.79. The van der Waals surface area contributed by atoms with Crippen LogP contribution in [0.1, 0.15) is 23.2 Å². The zero-order valence-corrected chi connectivity index (χ0v) is 17.6. The fraction of sp³-hybridized carbons (Fsp3) is 0.556. The van der Waals surface area contributed by atoms with Gasteiger partial charge in [-0.2, -0.15) is 0 Å². The summed E-state index contributed by atoms with van der Waals surface area (Å²) in [6, 6.07) is 2.99. The average molecular weight is 436 g/mol. The SMILES string of the molecule is COCC1(CNC(=O)c2cc(Cl)c(OCC(N)=O)c(OC)c2)CCNCC1.Cl. The Morgan fingerprint density at radius 3 is 2.54 bits per heavy atom. The predicted molar refractivity (Wildman–Crippen MR) is 109 cm³/mol. The van der Waals surface area contributed by atoms with Crippen molar-refractivity contribution in [1.82, 2.24) is 10.6 Å². The van der Waals surface area contributed by atoms with E-state index < -0.39 is 5.91 Å². The summed E-state index contributed by atoms with van der Waals surface area (Å²) in [5.41, 5.74) is 5.33. The van der Waals surface area contributed by atoms with Crippen LogP contribution in [0.15, 0.2) is 12.1 Å². The third kappa shape index (κ3) is 6.41. The van der Waals surface area contributed by atoms with Gasteiger partial charge in [0.25, 0.3) is 11.8 Å². The highest BCUT2D eigenvalue weighted by atomic mass is 35.5. The van der Waals surface area contributed by atoms with Gasteiger partial charge < -0.3 is 30.6 Å². The summed E-state index contributed by atoms with van der Waals surface area (Å²) in [4.78, 5) is 23.5. The Labute approximate surface area is 175 Å². The molecule has 0 aliphatic carbocycles. The molecule has 2 amide bonds. The van der Waals surface area contributed by atoms with Gasteiger partial charge in [-0.25, -0.2) is 0 Å². The molecule has 0 spiro atoms. The third-order valence-corrected chi connectivity index (χ3v) is 4.87. The van der Waals surface area contributed by atoms with Crippen LogP contribution in [0.5, 0.6) is 11.5 Å². The maximum Gasteiger partial charge on any atom is 0.255 e. The second-order valence-electron chi connectivity index (χ2n) is 6.61. The molecule has 4 N–H and O–H groups in total. The molecule has 0 aromatic heterocycles. The van der Waals surface area contributed by atoms with Crippen molar-refractivity contribution in [2.45, 2.75) is 12.8 Å². The molecule has 1 aromatic carbocycles. The number of hydrogen-bond donors (Lipinski definition) is 3. The fourth-order valence-corrected chi connectivity index (χ4v) is 3.40. The van der Waals surface area contributed by atoms with Crippen molar-refractivity contribution in [3.63, 3.8) is 0 Å². The Kier molecular flexibility index (Phi) is 9.81. The normalized spacial score (nSPS) is 15.2. The van der Waals surface area contributed by atoms with Gasteiger partial charge in [0.2, 0.25) is 0 Å². The van der Waals surface area contributed by atoms with Crippen molar-refractivity contribution in [3.05, 3.63) is 22.7 Å². The molecule has 1 aromatic rings. The van der Waals surface area contributed by atoms with Crippen molar-refractivity contribution >= 4 is 35.8 Å². The summed E-state index contributed by atoms with van der Waals surface area (Å²) in [7, 11) is 3.09. The summed E-state index contributed by atoms with van der Waals surface area (Å²) in [6.07, 6.45) is 1.84. The number of carbonyl (C=O) groups is 2. The minimum absolute atomic E-state index is 0. The molecule has 1 saturated heterocycles. The van der Waals surface area contributed by atoms with Crippen LogP contribution in [0.3, 0.4) is 0 Å². The van der Waals surface area contributed by atoms with Crippen LogP contribution in [0, 0.1) is 5.41 Å². The van der Waals surface area contributed by atoms with E-state index in [0.717, 1.165) is 25.9 Å². The quantitative estimate of drug-likeness (QED) is 0.539. The lowest BCUT2D eigenvalue weighted by molar-refractivity contribution is -0.119. The lowest BCUT2D eigenvalue weighted by Crippen LogP contribution is -2.47. The topological polar surface area (TPSA) is 112 Å². The van der Waals surface area contributed by atoms with Crippen molar-refractivity contribution in [1.29, 1.82) is 0 Å². The Morgan fingerprint density at radius 1 is 1.29 bits per heavy atom. The summed E-state index contributed by atoms with van der Waals surface area (Å²) in [6.45, 7) is 2.53. The smallest absolute Gasteiger partial charge is 0.255 e. The molecule has 158 valence electrons. The van der Waals surface area contributed by atoms with E-state index in [-0.39, 0.29) is 46.9 Å². The zero-order chi connectivity index (χ0) is 19.9. The van der Waals surface area contributed by atoms with E-state index >= 15 is 0 Å². The van der Waals surface area contributed by atoms with Gasteiger partial charge in [-0.15, -0.1) is 12.4 Å². The molecular formula is C18H27Cl2N3O5. The highest BCUT2D eigenvalue weighted by Crippen LogP contribution is 2.36. The molecular weight excluding hydrogens is 409 g/mol. The van der Waals surface area contributed by atoms with E-state index in [1.807, 2.05) is 0 Å².